The van der Waals surface area contributed by atoms with Crippen molar-refractivity contribution in [3.05, 3.63) is 0 Å². The Hall–Kier alpha value is -1.06. The number of carbonyl (C=O) groups is 2. The minimum Gasteiger partial charge on any atom is -0.481 e. The first-order valence-corrected chi connectivity index (χ1v) is 6.70. The summed E-state index contributed by atoms with van der Waals surface area (Å²) in [6.45, 7) is 0. The topological polar surface area (TPSA) is 66.4 Å². The van der Waals surface area contributed by atoms with Gasteiger partial charge in [0.25, 0.3) is 0 Å². The van der Waals surface area contributed by atoms with E-state index < -0.39 is 5.97 Å². The highest BCUT2D eigenvalue weighted by Gasteiger charge is 2.32. The monoisotopic (exact) mass is 239 g/mol. The van der Waals surface area contributed by atoms with Gasteiger partial charge in [-0.3, -0.25) is 9.59 Å². The maximum absolute atomic E-state index is 12.0. The van der Waals surface area contributed by atoms with Gasteiger partial charge in [0.05, 0.1) is 5.92 Å². The molecule has 0 bridgehead atoms. The molecule has 17 heavy (non-hydrogen) atoms. The molecule has 0 aromatic rings. The van der Waals surface area contributed by atoms with E-state index in [1.807, 2.05) is 0 Å². The van der Waals surface area contributed by atoms with Crippen LogP contribution in [0.15, 0.2) is 0 Å². The summed E-state index contributed by atoms with van der Waals surface area (Å²) in [6, 6.07) is 0.0885. The third-order valence-corrected chi connectivity index (χ3v) is 4.10. The lowest BCUT2D eigenvalue weighted by Gasteiger charge is -2.23. The van der Waals surface area contributed by atoms with Crippen LogP contribution in [0, 0.1) is 11.8 Å². The molecule has 2 atom stereocenters. The Kier molecular flexibility index (Phi) is 4.02. The molecule has 2 aliphatic carbocycles. The van der Waals surface area contributed by atoms with E-state index in [-0.39, 0.29) is 23.8 Å². The lowest BCUT2D eigenvalue weighted by atomic mass is 9.88. The Morgan fingerprint density at radius 2 is 1.65 bits per heavy atom. The summed E-state index contributed by atoms with van der Waals surface area (Å²) in [5, 5.41) is 11.9. The van der Waals surface area contributed by atoms with Crippen LogP contribution in [-0.2, 0) is 9.59 Å². The largest absolute Gasteiger partial charge is 0.481 e. The second-order valence-electron chi connectivity index (χ2n) is 5.39. The van der Waals surface area contributed by atoms with E-state index in [1.165, 1.54) is 6.42 Å². The summed E-state index contributed by atoms with van der Waals surface area (Å²) < 4.78 is 0. The molecule has 0 heterocycles. The van der Waals surface area contributed by atoms with Crippen molar-refractivity contribution in [1.29, 1.82) is 0 Å². The van der Waals surface area contributed by atoms with Crippen LogP contribution < -0.4 is 5.32 Å². The first kappa shape index (κ1) is 12.4. The Labute approximate surface area is 102 Å². The third kappa shape index (κ3) is 3.20. The van der Waals surface area contributed by atoms with Crippen molar-refractivity contribution < 1.29 is 14.7 Å². The maximum Gasteiger partial charge on any atom is 0.306 e. The minimum absolute atomic E-state index is 0.0885. The molecule has 0 aromatic heterocycles. The van der Waals surface area contributed by atoms with Crippen molar-refractivity contribution in [2.75, 3.05) is 0 Å². The van der Waals surface area contributed by atoms with Gasteiger partial charge in [-0.2, -0.15) is 0 Å². The first-order valence-electron chi connectivity index (χ1n) is 6.70. The molecule has 0 unspecified atom stereocenters. The Bertz CT molecular complexity index is 297. The predicted octanol–water partition coefficient (Wildman–Crippen LogP) is 1.94. The summed E-state index contributed by atoms with van der Waals surface area (Å²) in [5.74, 6) is -0.653. The van der Waals surface area contributed by atoms with E-state index in [0.29, 0.717) is 12.8 Å². The van der Waals surface area contributed by atoms with E-state index >= 15 is 0 Å². The summed E-state index contributed by atoms with van der Waals surface area (Å²) in [4.78, 5) is 22.8. The molecule has 0 aromatic carbocycles. The van der Waals surface area contributed by atoms with Crippen molar-refractivity contribution in [2.24, 2.45) is 11.8 Å². The molecule has 0 aliphatic heterocycles. The fraction of sp³-hybridized carbons (Fsp3) is 0.846. The van der Waals surface area contributed by atoms with Crippen LogP contribution in [0.4, 0.5) is 0 Å². The van der Waals surface area contributed by atoms with E-state index in [1.54, 1.807) is 0 Å². The highest BCUT2D eigenvalue weighted by Crippen LogP contribution is 2.28. The van der Waals surface area contributed by atoms with Crippen LogP contribution in [0.2, 0.25) is 0 Å². The predicted molar refractivity (Wildman–Crippen MR) is 63.5 cm³/mol. The molecular weight excluding hydrogens is 218 g/mol. The Morgan fingerprint density at radius 1 is 0.941 bits per heavy atom. The standard InChI is InChI=1S/C13H21NO3/c15-12(9-4-2-1-3-5-9)14-11-7-6-10(8-11)13(16)17/h9-11H,1-8H2,(H,14,15)(H,16,17)/t10-,11+/m0/s1. The molecule has 4 nitrogen and oxygen atoms in total. The molecule has 96 valence electrons. The summed E-state index contributed by atoms with van der Waals surface area (Å²) in [5.41, 5.74) is 0. The Morgan fingerprint density at radius 3 is 2.24 bits per heavy atom. The third-order valence-electron chi connectivity index (χ3n) is 4.10. The molecule has 2 aliphatic rings. The number of amides is 1. The number of nitrogens with one attached hydrogen (secondary N) is 1. The number of carboxylic acids is 1. The molecule has 1 amide bonds. The lowest BCUT2D eigenvalue weighted by molar-refractivity contribution is -0.141. The van der Waals surface area contributed by atoms with Crippen molar-refractivity contribution in [3.63, 3.8) is 0 Å². The van der Waals surface area contributed by atoms with Crippen LogP contribution in [0.25, 0.3) is 0 Å². The highest BCUT2D eigenvalue weighted by molar-refractivity contribution is 5.79. The number of hydrogen-bond acceptors (Lipinski definition) is 2. The highest BCUT2D eigenvalue weighted by atomic mass is 16.4. The van der Waals surface area contributed by atoms with Crippen molar-refractivity contribution in [2.45, 2.75) is 57.4 Å². The maximum atomic E-state index is 12.0. The smallest absolute Gasteiger partial charge is 0.306 e. The van der Waals surface area contributed by atoms with Crippen LogP contribution >= 0.6 is 0 Å². The molecule has 2 fully saturated rings. The average Bonchev–Trinajstić information content (AvgIpc) is 2.79. The van der Waals surface area contributed by atoms with Gasteiger partial charge in [-0.05, 0) is 32.1 Å². The van der Waals surface area contributed by atoms with Crippen molar-refractivity contribution in [1.82, 2.24) is 5.32 Å². The van der Waals surface area contributed by atoms with Crippen molar-refractivity contribution >= 4 is 11.9 Å². The van der Waals surface area contributed by atoms with E-state index in [4.69, 9.17) is 5.11 Å². The molecule has 2 saturated carbocycles. The average molecular weight is 239 g/mol. The molecule has 0 saturated heterocycles. The number of aliphatic carboxylic acids is 1. The number of hydrogen-bond donors (Lipinski definition) is 2. The molecule has 0 spiro atoms. The first-order chi connectivity index (χ1) is 8.16. The molecule has 4 heteroatoms. The van der Waals surface area contributed by atoms with Gasteiger partial charge in [-0.1, -0.05) is 19.3 Å². The fourth-order valence-corrected chi connectivity index (χ4v) is 3.02. The van der Waals surface area contributed by atoms with Gasteiger partial charge in [0.1, 0.15) is 0 Å². The zero-order chi connectivity index (χ0) is 12.3. The number of rotatable bonds is 3. The lowest BCUT2D eigenvalue weighted by Crippen LogP contribution is -2.38. The Balaban J connectivity index is 1.77. The summed E-state index contributed by atoms with van der Waals surface area (Å²) in [6.07, 6.45) is 7.67. The molecule has 2 N–H and O–H groups in total. The summed E-state index contributed by atoms with van der Waals surface area (Å²) >= 11 is 0. The van der Waals surface area contributed by atoms with Gasteiger partial charge in [0.2, 0.25) is 5.91 Å². The van der Waals surface area contributed by atoms with Gasteiger partial charge >= 0.3 is 5.97 Å². The second kappa shape index (κ2) is 5.52. The van der Waals surface area contributed by atoms with Crippen LogP contribution in [0.1, 0.15) is 51.4 Å². The second-order valence-corrected chi connectivity index (χ2v) is 5.39. The zero-order valence-corrected chi connectivity index (χ0v) is 10.2. The van der Waals surface area contributed by atoms with Gasteiger partial charge in [0.15, 0.2) is 0 Å². The number of carbonyl (C=O) groups excluding carboxylic acids is 1. The van der Waals surface area contributed by atoms with Crippen LogP contribution in [0.3, 0.4) is 0 Å². The molecule has 0 radical (unpaired) electrons. The van der Waals surface area contributed by atoms with Crippen LogP contribution in [0.5, 0.6) is 0 Å². The summed E-state index contributed by atoms with van der Waals surface area (Å²) in [7, 11) is 0. The number of carboxylic acid groups (broad SMARTS) is 1. The van der Waals surface area contributed by atoms with Gasteiger partial charge in [0, 0.05) is 12.0 Å². The van der Waals surface area contributed by atoms with E-state index in [0.717, 1.165) is 32.1 Å². The normalized spacial score (nSPS) is 30.1. The van der Waals surface area contributed by atoms with E-state index in [9.17, 15) is 9.59 Å². The van der Waals surface area contributed by atoms with E-state index in [2.05, 4.69) is 5.32 Å². The van der Waals surface area contributed by atoms with Gasteiger partial charge < -0.3 is 10.4 Å². The SMILES string of the molecule is O=C(N[C@@H]1CC[C@H](C(=O)O)C1)C1CCCCC1. The fourth-order valence-electron chi connectivity index (χ4n) is 3.02. The van der Waals surface area contributed by atoms with Gasteiger partial charge in [-0.25, -0.2) is 0 Å². The minimum atomic E-state index is -0.723. The van der Waals surface area contributed by atoms with Gasteiger partial charge in [-0.15, -0.1) is 0 Å². The zero-order valence-electron chi connectivity index (χ0n) is 10.2. The van der Waals surface area contributed by atoms with Crippen molar-refractivity contribution in [3.8, 4) is 0 Å². The van der Waals surface area contributed by atoms with Crippen LogP contribution in [-0.4, -0.2) is 23.0 Å². The quantitative estimate of drug-likeness (QED) is 0.791. The molecular formula is C13H21NO3. The molecule has 2 rings (SSSR count).